The third kappa shape index (κ3) is 3.85. The van der Waals surface area contributed by atoms with Crippen LogP contribution in [0.25, 0.3) is 0 Å². The van der Waals surface area contributed by atoms with Crippen LogP contribution in [0.2, 0.25) is 0 Å². The molecule has 0 radical (unpaired) electrons. The van der Waals surface area contributed by atoms with Gasteiger partial charge in [-0.25, -0.2) is 0 Å². The minimum absolute atomic E-state index is 0. The van der Waals surface area contributed by atoms with Gasteiger partial charge >= 0.3 is 0 Å². The van der Waals surface area contributed by atoms with Gasteiger partial charge in [-0.1, -0.05) is 0 Å². The molecular formula is C12H24O12. The van der Waals surface area contributed by atoms with Gasteiger partial charge in [0.05, 0.1) is 19.8 Å². The molecule has 0 aromatic carbocycles. The summed E-state index contributed by atoms with van der Waals surface area (Å²) >= 11 is 0. The van der Waals surface area contributed by atoms with Crippen LogP contribution in [0, 0.1) is 0 Å². The van der Waals surface area contributed by atoms with Crippen LogP contribution >= 0.6 is 0 Å². The molecular weight excluding hydrogens is 336 g/mol. The first-order chi connectivity index (χ1) is 10.7. The number of ether oxygens (including phenoxy) is 3. The first-order valence-electron chi connectivity index (χ1n) is 7.04. The van der Waals surface area contributed by atoms with Crippen LogP contribution in [0.4, 0.5) is 0 Å². The van der Waals surface area contributed by atoms with Crippen molar-refractivity contribution in [2.45, 2.75) is 54.8 Å². The van der Waals surface area contributed by atoms with Crippen molar-refractivity contribution in [2.75, 3.05) is 19.8 Å². The Morgan fingerprint density at radius 1 is 0.875 bits per heavy atom. The molecule has 2 fully saturated rings. The van der Waals surface area contributed by atoms with E-state index in [4.69, 9.17) is 24.4 Å². The SMILES string of the molecule is O.OCC1OC(OCC2O[C@](O)(CO)C(O)C2O)C(O)C(O)C1O. The summed E-state index contributed by atoms with van der Waals surface area (Å²) < 4.78 is 15.2. The van der Waals surface area contributed by atoms with Crippen LogP contribution in [0.5, 0.6) is 0 Å². The highest BCUT2D eigenvalue weighted by atomic mass is 16.7. The summed E-state index contributed by atoms with van der Waals surface area (Å²) in [4.78, 5) is 0. The van der Waals surface area contributed by atoms with Crippen LogP contribution in [-0.4, -0.2) is 121 Å². The van der Waals surface area contributed by atoms with Crippen LogP contribution < -0.4 is 0 Å². The molecule has 144 valence electrons. The van der Waals surface area contributed by atoms with Crippen molar-refractivity contribution < 1.29 is 60.5 Å². The average Bonchev–Trinajstić information content (AvgIpc) is 2.77. The smallest absolute Gasteiger partial charge is 0.219 e. The molecule has 0 aromatic rings. The lowest BCUT2D eigenvalue weighted by atomic mass is 9.99. The van der Waals surface area contributed by atoms with Gasteiger partial charge in [-0.05, 0) is 0 Å². The van der Waals surface area contributed by atoms with Crippen LogP contribution in [-0.2, 0) is 14.2 Å². The van der Waals surface area contributed by atoms with E-state index >= 15 is 0 Å². The molecule has 2 aliphatic heterocycles. The second-order valence-electron chi connectivity index (χ2n) is 5.63. The van der Waals surface area contributed by atoms with Gasteiger partial charge in [-0.15, -0.1) is 0 Å². The van der Waals surface area contributed by atoms with Gasteiger partial charge in [0.15, 0.2) is 6.29 Å². The fourth-order valence-electron chi connectivity index (χ4n) is 2.53. The Bertz CT molecular complexity index is 394. The number of rotatable bonds is 5. The lowest BCUT2D eigenvalue weighted by Crippen LogP contribution is -2.59. The summed E-state index contributed by atoms with van der Waals surface area (Å²) in [5.41, 5.74) is 0. The molecule has 2 rings (SSSR count). The van der Waals surface area contributed by atoms with Crippen molar-refractivity contribution in [3.05, 3.63) is 0 Å². The molecule has 0 bridgehead atoms. The lowest BCUT2D eigenvalue weighted by Gasteiger charge is -2.39. The summed E-state index contributed by atoms with van der Waals surface area (Å²) in [6.07, 6.45) is -12.0. The Balaban J connectivity index is 0.00000288. The van der Waals surface area contributed by atoms with Crippen molar-refractivity contribution in [3.63, 3.8) is 0 Å². The third-order valence-electron chi connectivity index (χ3n) is 4.02. The number of aliphatic hydroxyl groups excluding tert-OH is 7. The van der Waals surface area contributed by atoms with E-state index in [1.165, 1.54) is 0 Å². The van der Waals surface area contributed by atoms with Crippen LogP contribution in [0.1, 0.15) is 0 Å². The molecule has 8 unspecified atom stereocenters. The fourth-order valence-corrected chi connectivity index (χ4v) is 2.53. The zero-order chi connectivity index (χ0) is 17.4. The van der Waals surface area contributed by atoms with Gasteiger partial charge in [0.25, 0.3) is 0 Å². The maximum Gasteiger partial charge on any atom is 0.219 e. The number of hydrogen-bond donors (Lipinski definition) is 8. The van der Waals surface area contributed by atoms with Gasteiger partial charge in [-0.3, -0.25) is 0 Å². The molecule has 2 heterocycles. The Kier molecular flexibility index (Phi) is 7.43. The lowest BCUT2D eigenvalue weighted by molar-refractivity contribution is -0.310. The zero-order valence-corrected chi connectivity index (χ0v) is 12.5. The largest absolute Gasteiger partial charge is 0.412 e. The van der Waals surface area contributed by atoms with Gasteiger partial charge in [0, 0.05) is 0 Å². The molecule has 0 saturated carbocycles. The van der Waals surface area contributed by atoms with Gasteiger partial charge in [-0.2, -0.15) is 0 Å². The van der Waals surface area contributed by atoms with E-state index in [0.717, 1.165) is 0 Å². The predicted octanol–water partition coefficient (Wildman–Crippen LogP) is -6.22. The van der Waals surface area contributed by atoms with Crippen LogP contribution in [0.15, 0.2) is 0 Å². The normalized spacial score (nSPS) is 49.0. The minimum atomic E-state index is -2.34. The Morgan fingerprint density at radius 3 is 2.00 bits per heavy atom. The summed E-state index contributed by atoms with van der Waals surface area (Å²) in [6, 6.07) is 0. The standard InChI is InChI=1S/C12H22O11.H2O/c13-1-4-6(15)8(17)9(18)11(22-4)21-2-5-7(16)10(19)12(20,3-14)23-5;/h4-11,13-20H,1-3H2;1H2/t4?,5?,6?,7?,8?,9?,10?,11?,12-;/m1./s1. The molecule has 0 aromatic heterocycles. The molecule has 0 spiro atoms. The second-order valence-corrected chi connectivity index (χ2v) is 5.63. The third-order valence-corrected chi connectivity index (χ3v) is 4.02. The highest BCUT2D eigenvalue weighted by Crippen LogP contribution is 2.30. The molecule has 9 atom stereocenters. The molecule has 0 amide bonds. The van der Waals surface area contributed by atoms with E-state index in [2.05, 4.69) is 0 Å². The van der Waals surface area contributed by atoms with E-state index in [-0.39, 0.29) is 5.48 Å². The quantitative estimate of drug-likeness (QED) is 0.230. The minimum Gasteiger partial charge on any atom is -0.412 e. The maximum atomic E-state index is 9.78. The van der Waals surface area contributed by atoms with Gasteiger partial charge in [0.2, 0.25) is 5.79 Å². The highest BCUT2D eigenvalue weighted by Gasteiger charge is 2.53. The topological polar surface area (TPSA) is 221 Å². The van der Waals surface area contributed by atoms with E-state index < -0.39 is 74.6 Å². The number of hydrogen-bond acceptors (Lipinski definition) is 11. The highest BCUT2D eigenvalue weighted by molar-refractivity contribution is 4.95. The summed E-state index contributed by atoms with van der Waals surface area (Å²) in [5, 5.41) is 76.1. The van der Waals surface area contributed by atoms with Crippen molar-refractivity contribution in [1.29, 1.82) is 0 Å². The zero-order valence-electron chi connectivity index (χ0n) is 12.5. The molecule has 2 saturated heterocycles. The second kappa shape index (κ2) is 8.27. The molecule has 12 nitrogen and oxygen atoms in total. The van der Waals surface area contributed by atoms with E-state index in [9.17, 15) is 30.6 Å². The summed E-state index contributed by atoms with van der Waals surface area (Å²) in [7, 11) is 0. The maximum absolute atomic E-state index is 9.78. The Hall–Kier alpha value is -0.480. The van der Waals surface area contributed by atoms with Gasteiger partial charge < -0.3 is 60.5 Å². The molecule has 10 N–H and O–H groups in total. The average molecular weight is 360 g/mol. The van der Waals surface area contributed by atoms with Gasteiger partial charge in [0.1, 0.15) is 42.7 Å². The van der Waals surface area contributed by atoms with E-state index in [0.29, 0.717) is 0 Å². The Labute approximate surface area is 136 Å². The predicted molar refractivity (Wildman–Crippen MR) is 72.3 cm³/mol. The first-order valence-corrected chi connectivity index (χ1v) is 7.04. The van der Waals surface area contributed by atoms with Crippen molar-refractivity contribution in [3.8, 4) is 0 Å². The van der Waals surface area contributed by atoms with Crippen LogP contribution in [0.3, 0.4) is 0 Å². The Morgan fingerprint density at radius 2 is 1.50 bits per heavy atom. The molecule has 12 heteroatoms. The fraction of sp³-hybridized carbons (Fsp3) is 1.00. The molecule has 24 heavy (non-hydrogen) atoms. The van der Waals surface area contributed by atoms with E-state index in [1.807, 2.05) is 0 Å². The van der Waals surface area contributed by atoms with E-state index in [1.54, 1.807) is 0 Å². The first kappa shape index (κ1) is 21.6. The summed E-state index contributed by atoms with van der Waals surface area (Å²) in [5.74, 6) is -2.34. The number of aliphatic hydroxyl groups is 8. The van der Waals surface area contributed by atoms with Crippen molar-refractivity contribution in [2.24, 2.45) is 0 Å². The summed E-state index contributed by atoms with van der Waals surface area (Å²) in [6.45, 7) is -2.05. The van der Waals surface area contributed by atoms with Crippen molar-refractivity contribution in [1.82, 2.24) is 0 Å². The van der Waals surface area contributed by atoms with Crippen molar-refractivity contribution >= 4 is 0 Å². The molecule has 0 aliphatic carbocycles. The monoisotopic (exact) mass is 360 g/mol. The molecule has 2 aliphatic rings.